The molecule has 0 radical (unpaired) electrons. The fraction of sp³-hybridized carbons (Fsp3) is 1.00. The van der Waals surface area contributed by atoms with E-state index in [-0.39, 0.29) is 0 Å². The van der Waals surface area contributed by atoms with E-state index in [4.69, 9.17) is 4.74 Å². The molecule has 0 unspecified atom stereocenters. The Labute approximate surface area is 64.2 Å². The summed E-state index contributed by atoms with van der Waals surface area (Å²) in [5, 5.41) is 0. The summed E-state index contributed by atoms with van der Waals surface area (Å²) in [5.74, 6) is 0. The van der Waals surface area contributed by atoms with E-state index in [9.17, 15) is 0 Å². The van der Waals surface area contributed by atoms with Crippen molar-refractivity contribution in [1.29, 1.82) is 0 Å². The number of ether oxygens (including phenoxy) is 1. The largest absolute Gasteiger partial charge is 0.377 e. The van der Waals surface area contributed by atoms with Gasteiger partial charge in [0, 0.05) is 6.04 Å². The normalized spacial score (nSPS) is 14.7. The molecule has 0 amide bonds. The van der Waals surface area contributed by atoms with Crippen LogP contribution in [0.25, 0.3) is 0 Å². The van der Waals surface area contributed by atoms with Crippen LogP contribution in [0, 0.1) is 0 Å². The maximum Gasteiger partial charge on any atom is 0.0622 e. The van der Waals surface area contributed by atoms with Crippen LogP contribution in [0.5, 0.6) is 0 Å². The Morgan fingerprint density at radius 3 is 2.00 bits per heavy atom. The lowest BCUT2D eigenvalue weighted by molar-refractivity contribution is 0.0434. The van der Waals surface area contributed by atoms with Gasteiger partial charge in [-0.25, -0.2) is 0 Å². The minimum Gasteiger partial charge on any atom is -0.377 e. The number of rotatable bonds is 4. The number of hydrogen-bond donors (Lipinski definition) is 0. The van der Waals surface area contributed by atoms with E-state index in [0.29, 0.717) is 12.1 Å². The van der Waals surface area contributed by atoms with Gasteiger partial charge in [-0.05, 0) is 34.9 Å². The lowest BCUT2D eigenvalue weighted by atomic mass is 10.3. The molecule has 0 saturated carbocycles. The van der Waals surface area contributed by atoms with Gasteiger partial charge >= 0.3 is 0 Å². The highest BCUT2D eigenvalue weighted by Crippen LogP contribution is 1.95. The van der Waals surface area contributed by atoms with Crippen molar-refractivity contribution in [3.05, 3.63) is 0 Å². The molecule has 0 aliphatic rings. The predicted molar refractivity (Wildman–Crippen MR) is 44.2 cm³/mol. The second-order valence-electron chi connectivity index (χ2n) is 3.19. The molecule has 1 atom stereocenters. The van der Waals surface area contributed by atoms with Crippen LogP contribution in [0.15, 0.2) is 0 Å². The highest BCUT2D eigenvalue weighted by atomic mass is 16.5. The Morgan fingerprint density at radius 2 is 1.70 bits per heavy atom. The fourth-order valence-corrected chi connectivity index (χ4v) is 0.481. The molecule has 0 spiro atoms. The summed E-state index contributed by atoms with van der Waals surface area (Å²) in [4.78, 5) is 2.16. The highest BCUT2D eigenvalue weighted by molar-refractivity contribution is 4.57. The quantitative estimate of drug-likeness (QED) is 0.592. The fourth-order valence-electron chi connectivity index (χ4n) is 0.481. The molecule has 0 saturated heterocycles. The molecule has 0 bridgehead atoms. The molecule has 0 N–H and O–H groups in total. The number of hydrogen-bond acceptors (Lipinski definition) is 2. The molecule has 2 nitrogen and oxygen atoms in total. The first-order valence-electron chi connectivity index (χ1n) is 3.82. The van der Waals surface area contributed by atoms with Gasteiger partial charge in [0.05, 0.1) is 12.7 Å². The third-order valence-electron chi connectivity index (χ3n) is 1.55. The van der Waals surface area contributed by atoms with Gasteiger partial charge in [0.1, 0.15) is 0 Å². The molecule has 62 valence electrons. The molecular weight excluding hydrogens is 126 g/mol. The average molecular weight is 145 g/mol. The maximum absolute atomic E-state index is 5.42. The van der Waals surface area contributed by atoms with Gasteiger partial charge in [0.2, 0.25) is 0 Å². The van der Waals surface area contributed by atoms with E-state index in [1.807, 2.05) is 0 Å². The van der Waals surface area contributed by atoms with Crippen LogP contribution in [-0.2, 0) is 4.74 Å². The van der Waals surface area contributed by atoms with E-state index in [0.717, 1.165) is 6.61 Å². The van der Waals surface area contributed by atoms with Crippen molar-refractivity contribution < 1.29 is 4.74 Å². The van der Waals surface area contributed by atoms with Gasteiger partial charge in [-0.15, -0.1) is 0 Å². The smallest absolute Gasteiger partial charge is 0.0622 e. The zero-order valence-corrected chi connectivity index (χ0v) is 7.72. The van der Waals surface area contributed by atoms with Crippen molar-refractivity contribution >= 4 is 0 Å². The summed E-state index contributed by atoms with van der Waals surface area (Å²) >= 11 is 0. The minimum absolute atomic E-state index is 0.349. The van der Waals surface area contributed by atoms with Crippen molar-refractivity contribution in [3.8, 4) is 0 Å². The Kier molecular flexibility index (Phi) is 4.65. The summed E-state index contributed by atoms with van der Waals surface area (Å²) < 4.78 is 5.42. The van der Waals surface area contributed by atoms with Gasteiger partial charge in [-0.3, -0.25) is 0 Å². The van der Waals surface area contributed by atoms with Crippen molar-refractivity contribution in [2.45, 2.75) is 32.9 Å². The molecule has 0 rings (SSSR count). The Bertz CT molecular complexity index is 81.3. The molecule has 0 aromatic heterocycles. The lowest BCUT2D eigenvalue weighted by Gasteiger charge is -2.20. The van der Waals surface area contributed by atoms with Crippen LogP contribution in [-0.4, -0.2) is 37.7 Å². The second kappa shape index (κ2) is 4.69. The van der Waals surface area contributed by atoms with Crippen LogP contribution in [0.4, 0.5) is 0 Å². The van der Waals surface area contributed by atoms with Crippen molar-refractivity contribution in [3.63, 3.8) is 0 Å². The van der Waals surface area contributed by atoms with E-state index < -0.39 is 0 Å². The van der Waals surface area contributed by atoms with E-state index in [1.165, 1.54) is 0 Å². The van der Waals surface area contributed by atoms with Gasteiger partial charge in [-0.2, -0.15) is 0 Å². The first-order chi connectivity index (χ1) is 4.54. The number of nitrogens with zero attached hydrogens (tertiary/aromatic N) is 1. The Balaban J connectivity index is 3.30. The molecule has 2 heteroatoms. The van der Waals surface area contributed by atoms with Crippen LogP contribution in [0.3, 0.4) is 0 Å². The first kappa shape index (κ1) is 9.92. The second-order valence-corrected chi connectivity index (χ2v) is 3.19. The molecule has 0 aliphatic heterocycles. The Hall–Kier alpha value is -0.0800. The summed E-state index contributed by atoms with van der Waals surface area (Å²) in [6, 6.07) is 0.516. The van der Waals surface area contributed by atoms with Gasteiger partial charge in [0.15, 0.2) is 0 Å². The van der Waals surface area contributed by atoms with Crippen molar-refractivity contribution in [2.24, 2.45) is 0 Å². The highest BCUT2D eigenvalue weighted by Gasteiger charge is 2.04. The van der Waals surface area contributed by atoms with Crippen molar-refractivity contribution in [2.75, 3.05) is 20.7 Å². The molecule has 10 heavy (non-hydrogen) atoms. The molecular formula is C8H19NO. The SMILES string of the molecule is CC(C)OC[C@@H](C)N(C)C. The number of likely N-dealkylation sites (N-methyl/N-ethyl adjacent to an activating group) is 1. The summed E-state index contributed by atoms with van der Waals surface area (Å²) in [6.45, 7) is 7.10. The molecule has 0 fully saturated rings. The monoisotopic (exact) mass is 145 g/mol. The van der Waals surface area contributed by atoms with E-state index in [1.54, 1.807) is 0 Å². The minimum atomic E-state index is 0.349. The average Bonchev–Trinajstić information content (AvgIpc) is 1.82. The van der Waals surface area contributed by atoms with Crippen molar-refractivity contribution in [1.82, 2.24) is 4.90 Å². The van der Waals surface area contributed by atoms with Gasteiger partial charge in [0.25, 0.3) is 0 Å². The van der Waals surface area contributed by atoms with Crippen LogP contribution in [0.2, 0.25) is 0 Å². The Morgan fingerprint density at radius 1 is 1.20 bits per heavy atom. The molecule has 0 aromatic rings. The third-order valence-corrected chi connectivity index (χ3v) is 1.55. The van der Waals surface area contributed by atoms with Crippen LogP contribution in [0.1, 0.15) is 20.8 Å². The molecule has 0 aromatic carbocycles. The lowest BCUT2D eigenvalue weighted by Crippen LogP contribution is -2.30. The predicted octanol–water partition coefficient (Wildman–Crippen LogP) is 1.36. The molecule has 0 heterocycles. The third kappa shape index (κ3) is 4.77. The summed E-state index contributed by atoms with van der Waals surface area (Å²) in [5.41, 5.74) is 0. The molecule has 0 aliphatic carbocycles. The zero-order chi connectivity index (χ0) is 8.15. The summed E-state index contributed by atoms with van der Waals surface area (Å²) in [6.07, 6.45) is 0.349. The van der Waals surface area contributed by atoms with Gasteiger partial charge in [-0.1, -0.05) is 0 Å². The van der Waals surface area contributed by atoms with Gasteiger partial charge < -0.3 is 9.64 Å². The van der Waals surface area contributed by atoms with Crippen LogP contribution < -0.4 is 0 Å². The van der Waals surface area contributed by atoms with E-state index >= 15 is 0 Å². The standard InChI is InChI=1S/C8H19NO/c1-7(2)10-6-8(3)9(4)5/h7-8H,6H2,1-5H3/t8-/m1/s1. The maximum atomic E-state index is 5.42. The van der Waals surface area contributed by atoms with E-state index in [2.05, 4.69) is 39.8 Å². The zero-order valence-electron chi connectivity index (χ0n) is 7.72. The topological polar surface area (TPSA) is 12.5 Å². The van der Waals surface area contributed by atoms with Crippen LogP contribution >= 0.6 is 0 Å². The summed E-state index contributed by atoms with van der Waals surface area (Å²) in [7, 11) is 4.13. The first-order valence-corrected chi connectivity index (χ1v) is 3.82.